The van der Waals surface area contributed by atoms with Crippen LogP contribution >= 0.6 is 0 Å². The molecule has 0 aliphatic carbocycles. The summed E-state index contributed by atoms with van der Waals surface area (Å²) in [6, 6.07) is 9.38. The second-order valence-corrected chi connectivity index (χ2v) is 5.00. The minimum Gasteiger partial charge on any atom is -0.346 e. The average molecular weight is 296 g/mol. The number of aromatic nitrogens is 1. The van der Waals surface area contributed by atoms with E-state index in [1.165, 1.54) is 12.1 Å². The van der Waals surface area contributed by atoms with Crippen LogP contribution in [0.4, 0.5) is 13.2 Å². The number of nitrogens with zero attached hydrogens (tertiary/aromatic N) is 1. The first-order valence-electron chi connectivity index (χ1n) is 7.01. The first-order valence-corrected chi connectivity index (χ1v) is 7.01. The molecular weight excluding hydrogens is 277 g/mol. The molecule has 0 spiro atoms. The van der Waals surface area contributed by atoms with Crippen LogP contribution < -0.4 is 5.32 Å². The first kappa shape index (κ1) is 15.6. The van der Waals surface area contributed by atoms with Crippen molar-refractivity contribution < 1.29 is 13.2 Å². The monoisotopic (exact) mass is 296 g/mol. The second-order valence-electron chi connectivity index (χ2n) is 5.00. The lowest BCUT2D eigenvalue weighted by molar-refractivity contribution is -0.137. The topological polar surface area (TPSA) is 17.0 Å². The summed E-state index contributed by atoms with van der Waals surface area (Å²) in [5.74, 6) is 0. The van der Waals surface area contributed by atoms with Crippen molar-refractivity contribution in [1.82, 2.24) is 9.88 Å². The Balaban J connectivity index is 2.10. The predicted octanol–water partition coefficient (Wildman–Crippen LogP) is 4.05. The minimum absolute atomic E-state index is 0.445. The molecule has 0 aliphatic heterocycles. The molecule has 1 heterocycles. The number of rotatable bonds is 6. The fraction of sp³-hybridized carbons (Fsp3) is 0.375. The third-order valence-corrected chi connectivity index (χ3v) is 3.26. The highest BCUT2D eigenvalue weighted by Gasteiger charge is 2.30. The molecule has 0 unspecified atom stereocenters. The van der Waals surface area contributed by atoms with E-state index in [4.69, 9.17) is 0 Å². The molecule has 1 aromatic carbocycles. The normalized spacial score (nSPS) is 11.8. The molecule has 21 heavy (non-hydrogen) atoms. The van der Waals surface area contributed by atoms with Gasteiger partial charge in [0.05, 0.1) is 5.56 Å². The van der Waals surface area contributed by atoms with Gasteiger partial charge < -0.3 is 9.88 Å². The molecule has 0 bridgehead atoms. The van der Waals surface area contributed by atoms with E-state index in [1.807, 2.05) is 22.9 Å². The smallest absolute Gasteiger partial charge is 0.346 e. The molecule has 0 saturated heterocycles. The molecule has 2 nitrogen and oxygen atoms in total. The summed E-state index contributed by atoms with van der Waals surface area (Å²) < 4.78 is 40.1. The van der Waals surface area contributed by atoms with E-state index in [0.29, 0.717) is 12.1 Å². The Kier molecular flexibility index (Phi) is 5.07. The fourth-order valence-corrected chi connectivity index (χ4v) is 2.20. The molecule has 2 aromatic rings. The van der Waals surface area contributed by atoms with Gasteiger partial charge in [-0.25, -0.2) is 0 Å². The molecule has 1 N–H and O–H groups in total. The number of alkyl halides is 3. The molecule has 0 fully saturated rings. The summed E-state index contributed by atoms with van der Waals surface area (Å²) in [6.45, 7) is 4.18. The van der Waals surface area contributed by atoms with Crippen molar-refractivity contribution in [2.24, 2.45) is 0 Å². The van der Waals surface area contributed by atoms with Crippen LogP contribution in [0.1, 0.15) is 30.2 Å². The van der Waals surface area contributed by atoms with E-state index >= 15 is 0 Å². The molecule has 2 rings (SSSR count). The first-order chi connectivity index (χ1) is 10.0. The molecule has 0 aliphatic rings. The molecule has 114 valence electrons. The van der Waals surface area contributed by atoms with E-state index in [1.54, 1.807) is 6.07 Å². The highest BCUT2D eigenvalue weighted by atomic mass is 19.4. The molecule has 0 atom stereocenters. The fourth-order valence-electron chi connectivity index (χ4n) is 2.20. The van der Waals surface area contributed by atoms with Crippen molar-refractivity contribution in [3.05, 3.63) is 59.4 Å². The average Bonchev–Trinajstić information content (AvgIpc) is 2.86. The van der Waals surface area contributed by atoms with E-state index in [0.717, 1.165) is 31.3 Å². The van der Waals surface area contributed by atoms with Gasteiger partial charge in [0.1, 0.15) is 0 Å². The Morgan fingerprint density at radius 1 is 1.14 bits per heavy atom. The van der Waals surface area contributed by atoms with Gasteiger partial charge in [0, 0.05) is 25.0 Å². The van der Waals surface area contributed by atoms with Crippen molar-refractivity contribution in [3.63, 3.8) is 0 Å². The summed E-state index contributed by atoms with van der Waals surface area (Å²) in [4.78, 5) is 0. The summed E-state index contributed by atoms with van der Waals surface area (Å²) in [7, 11) is 0. The highest BCUT2D eigenvalue weighted by Crippen LogP contribution is 2.29. The van der Waals surface area contributed by atoms with Crippen LogP contribution in [0.2, 0.25) is 0 Å². The van der Waals surface area contributed by atoms with E-state index in [-0.39, 0.29) is 0 Å². The van der Waals surface area contributed by atoms with Crippen LogP contribution in [0.3, 0.4) is 0 Å². The molecule has 5 heteroatoms. The van der Waals surface area contributed by atoms with Crippen LogP contribution in [-0.2, 0) is 19.3 Å². The molecule has 1 aromatic heterocycles. The maximum atomic E-state index is 12.7. The lowest BCUT2D eigenvalue weighted by Crippen LogP contribution is -2.17. The van der Waals surface area contributed by atoms with Crippen molar-refractivity contribution in [3.8, 4) is 0 Å². The van der Waals surface area contributed by atoms with E-state index in [9.17, 15) is 13.2 Å². The van der Waals surface area contributed by atoms with Crippen molar-refractivity contribution in [2.45, 2.75) is 32.6 Å². The highest BCUT2D eigenvalue weighted by molar-refractivity contribution is 5.26. The van der Waals surface area contributed by atoms with E-state index in [2.05, 4.69) is 12.2 Å². The number of hydrogen-bond donors (Lipinski definition) is 1. The zero-order valence-corrected chi connectivity index (χ0v) is 12.0. The van der Waals surface area contributed by atoms with Gasteiger partial charge in [0.25, 0.3) is 0 Å². The van der Waals surface area contributed by atoms with Crippen LogP contribution in [0.25, 0.3) is 0 Å². The van der Waals surface area contributed by atoms with Crippen LogP contribution in [0, 0.1) is 0 Å². The summed E-state index contributed by atoms with van der Waals surface area (Å²) in [6.07, 6.45) is -1.35. The number of halogens is 3. The lowest BCUT2D eigenvalue weighted by atomic mass is 10.1. The van der Waals surface area contributed by atoms with Crippen LogP contribution in [-0.4, -0.2) is 11.1 Å². The Morgan fingerprint density at radius 3 is 2.67 bits per heavy atom. The van der Waals surface area contributed by atoms with Gasteiger partial charge in [0.15, 0.2) is 0 Å². The largest absolute Gasteiger partial charge is 0.416 e. The van der Waals surface area contributed by atoms with Crippen molar-refractivity contribution in [1.29, 1.82) is 0 Å². The van der Waals surface area contributed by atoms with Gasteiger partial charge in [-0.3, -0.25) is 0 Å². The maximum absolute atomic E-state index is 12.7. The molecular formula is C16H19F3N2. The zero-order valence-electron chi connectivity index (χ0n) is 12.0. The standard InChI is InChI=1S/C16H19F3N2/c1-2-8-20-11-15-7-4-9-21(15)12-13-5-3-6-14(10-13)16(17,18)19/h3-7,9-10,20H,2,8,11-12H2,1H3. The lowest BCUT2D eigenvalue weighted by Gasteiger charge is -2.12. The van der Waals surface area contributed by atoms with Crippen molar-refractivity contribution >= 4 is 0 Å². The van der Waals surface area contributed by atoms with Gasteiger partial charge >= 0.3 is 6.18 Å². The Hall–Kier alpha value is -1.75. The molecule has 0 saturated carbocycles. The predicted molar refractivity (Wildman–Crippen MR) is 77.0 cm³/mol. The summed E-state index contributed by atoms with van der Waals surface area (Å²) >= 11 is 0. The summed E-state index contributed by atoms with van der Waals surface area (Å²) in [5.41, 5.74) is 1.12. The van der Waals surface area contributed by atoms with Crippen LogP contribution in [0.5, 0.6) is 0 Å². The number of benzene rings is 1. The quantitative estimate of drug-likeness (QED) is 0.796. The number of hydrogen-bond acceptors (Lipinski definition) is 1. The van der Waals surface area contributed by atoms with Gasteiger partial charge in [0.2, 0.25) is 0 Å². The van der Waals surface area contributed by atoms with Crippen molar-refractivity contribution in [2.75, 3.05) is 6.54 Å². The third kappa shape index (κ3) is 4.36. The third-order valence-electron chi connectivity index (χ3n) is 3.26. The second kappa shape index (κ2) is 6.80. The Bertz CT molecular complexity index is 573. The Morgan fingerprint density at radius 2 is 1.95 bits per heavy atom. The summed E-state index contributed by atoms with van der Waals surface area (Å²) in [5, 5.41) is 3.30. The molecule has 0 amide bonds. The van der Waals surface area contributed by atoms with Gasteiger partial charge in [-0.2, -0.15) is 13.2 Å². The molecule has 0 radical (unpaired) electrons. The minimum atomic E-state index is -4.29. The maximum Gasteiger partial charge on any atom is 0.416 e. The van der Waals surface area contributed by atoms with E-state index < -0.39 is 11.7 Å². The Labute approximate surface area is 122 Å². The number of nitrogens with one attached hydrogen (secondary N) is 1. The van der Waals surface area contributed by atoms with Crippen LogP contribution in [0.15, 0.2) is 42.6 Å². The van der Waals surface area contributed by atoms with Gasteiger partial charge in [-0.1, -0.05) is 19.1 Å². The zero-order chi connectivity index (χ0) is 15.3. The van der Waals surface area contributed by atoms with Gasteiger partial charge in [-0.15, -0.1) is 0 Å². The van der Waals surface area contributed by atoms with Gasteiger partial charge in [-0.05, 0) is 42.8 Å². The SMILES string of the molecule is CCCNCc1cccn1Cc1cccc(C(F)(F)F)c1.